The zero-order valence-electron chi connectivity index (χ0n) is 13.9. The number of nitrogens with one attached hydrogen (secondary N) is 1. The number of hydrogen-bond acceptors (Lipinski definition) is 2. The fourth-order valence-corrected chi connectivity index (χ4v) is 3.23. The van der Waals surface area contributed by atoms with Crippen LogP contribution in [0.15, 0.2) is 54.6 Å². The predicted molar refractivity (Wildman–Crippen MR) is 93.6 cm³/mol. The van der Waals surface area contributed by atoms with E-state index >= 15 is 0 Å². The van der Waals surface area contributed by atoms with Crippen LogP contribution < -0.4 is 5.32 Å². The molecule has 1 saturated heterocycles. The molecule has 0 spiro atoms. The van der Waals surface area contributed by atoms with Crippen molar-refractivity contribution in [3.8, 4) is 0 Å². The monoisotopic (exact) mass is 322 g/mol. The number of benzene rings is 2. The van der Waals surface area contributed by atoms with Crippen LogP contribution in [0.3, 0.4) is 0 Å². The maximum Gasteiger partial charge on any atom is 0.251 e. The average Bonchev–Trinajstić information content (AvgIpc) is 3.10. The SMILES string of the molecule is Cc1cccc(C(=O)NCC(=O)N2CCCC2c2ccccc2)c1. The van der Waals surface area contributed by atoms with Crippen LogP contribution >= 0.6 is 0 Å². The normalized spacial score (nSPS) is 16.9. The highest BCUT2D eigenvalue weighted by Crippen LogP contribution is 2.31. The van der Waals surface area contributed by atoms with Crippen molar-refractivity contribution in [1.82, 2.24) is 10.2 Å². The second-order valence-corrected chi connectivity index (χ2v) is 6.21. The summed E-state index contributed by atoms with van der Waals surface area (Å²) in [6.45, 7) is 2.73. The van der Waals surface area contributed by atoms with E-state index in [-0.39, 0.29) is 24.4 Å². The fraction of sp³-hybridized carbons (Fsp3) is 0.300. The fourth-order valence-electron chi connectivity index (χ4n) is 3.23. The van der Waals surface area contributed by atoms with E-state index in [4.69, 9.17) is 0 Å². The summed E-state index contributed by atoms with van der Waals surface area (Å²) in [5.74, 6) is -0.232. The molecule has 1 unspecified atom stereocenters. The molecule has 0 aliphatic carbocycles. The van der Waals surface area contributed by atoms with E-state index in [0.717, 1.165) is 30.5 Å². The molecule has 0 bridgehead atoms. The third-order valence-corrected chi connectivity index (χ3v) is 4.44. The second-order valence-electron chi connectivity index (χ2n) is 6.21. The average molecular weight is 322 g/mol. The van der Waals surface area contributed by atoms with Crippen molar-refractivity contribution in [1.29, 1.82) is 0 Å². The van der Waals surface area contributed by atoms with Crippen LogP contribution in [0, 0.1) is 6.92 Å². The minimum absolute atomic E-state index is 0.0256. The second kappa shape index (κ2) is 7.30. The molecule has 124 valence electrons. The number of hydrogen-bond donors (Lipinski definition) is 1. The van der Waals surface area contributed by atoms with Crippen LogP contribution in [0.5, 0.6) is 0 Å². The predicted octanol–water partition coefficient (Wildman–Crippen LogP) is 3.09. The van der Waals surface area contributed by atoms with Crippen LogP contribution in [0.1, 0.15) is 40.4 Å². The van der Waals surface area contributed by atoms with E-state index in [9.17, 15) is 9.59 Å². The molecule has 1 aliphatic heterocycles. The first-order valence-electron chi connectivity index (χ1n) is 8.34. The maximum absolute atomic E-state index is 12.5. The number of amides is 2. The lowest BCUT2D eigenvalue weighted by Gasteiger charge is -2.25. The summed E-state index contributed by atoms with van der Waals surface area (Å²) >= 11 is 0. The highest BCUT2D eigenvalue weighted by molar-refractivity contribution is 5.96. The number of nitrogens with zero attached hydrogens (tertiary/aromatic N) is 1. The van der Waals surface area contributed by atoms with Crippen molar-refractivity contribution >= 4 is 11.8 Å². The Balaban J connectivity index is 1.61. The topological polar surface area (TPSA) is 49.4 Å². The minimum atomic E-state index is -0.206. The maximum atomic E-state index is 12.5. The standard InChI is InChI=1S/C20H22N2O2/c1-15-7-5-10-17(13-15)20(24)21-14-19(23)22-12-6-11-18(22)16-8-3-2-4-9-16/h2-5,7-10,13,18H,6,11-12,14H2,1H3,(H,21,24). The van der Waals surface area contributed by atoms with Gasteiger partial charge in [-0.3, -0.25) is 9.59 Å². The van der Waals surface area contributed by atoms with Gasteiger partial charge < -0.3 is 10.2 Å². The number of rotatable bonds is 4. The van der Waals surface area contributed by atoms with E-state index in [1.165, 1.54) is 0 Å². The van der Waals surface area contributed by atoms with Gasteiger partial charge in [0.15, 0.2) is 0 Å². The van der Waals surface area contributed by atoms with Crippen LogP contribution in [0.25, 0.3) is 0 Å². The Labute approximate surface area is 142 Å². The van der Waals surface area contributed by atoms with E-state index in [2.05, 4.69) is 17.4 Å². The van der Waals surface area contributed by atoms with Gasteiger partial charge in [-0.15, -0.1) is 0 Å². The highest BCUT2D eigenvalue weighted by Gasteiger charge is 2.29. The Bertz CT molecular complexity index is 727. The summed E-state index contributed by atoms with van der Waals surface area (Å²) < 4.78 is 0. The van der Waals surface area contributed by atoms with Crippen LogP contribution in [0.2, 0.25) is 0 Å². The van der Waals surface area contributed by atoms with Gasteiger partial charge in [-0.2, -0.15) is 0 Å². The Morgan fingerprint density at radius 1 is 1.12 bits per heavy atom. The molecule has 1 N–H and O–H groups in total. The first-order chi connectivity index (χ1) is 11.6. The molecular formula is C20H22N2O2. The minimum Gasteiger partial charge on any atom is -0.343 e. The van der Waals surface area contributed by atoms with Crippen molar-refractivity contribution in [3.05, 3.63) is 71.3 Å². The van der Waals surface area contributed by atoms with Crippen molar-refractivity contribution in [2.75, 3.05) is 13.1 Å². The lowest BCUT2D eigenvalue weighted by atomic mass is 10.0. The summed E-state index contributed by atoms with van der Waals surface area (Å²) in [6.07, 6.45) is 1.97. The first-order valence-corrected chi connectivity index (χ1v) is 8.34. The van der Waals surface area contributed by atoms with Crippen molar-refractivity contribution in [2.24, 2.45) is 0 Å². The molecule has 1 heterocycles. The van der Waals surface area contributed by atoms with Gasteiger partial charge in [-0.05, 0) is 37.5 Å². The Morgan fingerprint density at radius 3 is 2.67 bits per heavy atom. The van der Waals surface area contributed by atoms with Gasteiger partial charge in [-0.1, -0.05) is 48.0 Å². The molecule has 1 aliphatic rings. The Hall–Kier alpha value is -2.62. The third-order valence-electron chi connectivity index (χ3n) is 4.44. The zero-order valence-corrected chi connectivity index (χ0v) is 13.9. The molecule has 3 rings (SSSR count). The van der Waals surface area contributed by atoms with E-state index in [1.807, 2.05) is 48.2 Å². The van der Waals surface area contributed by atoms with Gasteiger partial charge in [0.25, 0.3) is 5.91 Å². The molecule has 2 aromatic carbocycles. The van der Waals surface area contributed by atoms with Crippen molar-refractivity contribution < 1.29 is 9.59 Å². The van der Waals surface area contributed by atoms with Gasteiger partial charge in [-0.25, -0.2) is 0 Å². The Morgan fingerprint density at radius 2 is 1.92 bits per heavy atom. The van der Waals surface area contributed by atoms with Gasteiger partial charge in [0, 0.05) is 12.1 Å². The number of likely N-dealkylation sites (tertiary alicyclic amines) is 1. The van der Waals surface area contributed by atoms with Crippen LogP contribution in [-0.4, -0.2) is 29.8 Å². The van der Waals surface area contributed by atoms with E-state index in [1.54, 1.807) is 6.07 Å². The van der Waals surface area contributed by atoms with Crippen LogP contribution in [-0.2, 0) is 4.79 Å². The molecule has 1 fully saturated rings. The molecule has 2 amide bonds. The Kier molecular flexibility index (Phi) is 4.94. The number of carbonyl (C=O) groups is 2. The molecular weight excluding hydrogens is 300 g/mol. The molecule has 0 aromatic heterocycles. The third kappa shape index (κ3) is 3.65. The zero-order chi connectivity index (χ0) is 16.9. The van der Waals surface area contributed by atoms with E-state index in [0.29, 0.717) is 5.56 Å². The smallest absolute Gasteiger partial charge is 0.251 e. The summed E-state index contributed by atoms with van der Waals surface area (Å²) in [6, 6.07) is 17.6. The van der Waals surface area contributed by atoms with Crippen LogP contribution in [0.4, 0.5) is 0 Å². The highest BCUT2D eigenvalue weighted by atomic mass is 16.2. The lowest BCUT2D eigenvalue weighted by molar-refractivity contribution is -0.131. The molecule has 4 nitrogen and oxygen atoms in total. The first kappa shape index (κ1) is 16.2. The summed E-state index contributed by atoms with van der Waals surface area (Å²) in [5, 5.41) is 2.74. The van der Waals surface area contributed by atoms with Crippen molar-refractivity contribution in [2.45, 2.75) is 25.8 Å². The number of aryl methyl sites for hydroxylation is 1. The summed E-state index contributed by atoms with van der Waals surface area (Å²) in [5.41, 5.74) is 2.77. The molecule has 2 aromatic rings. The summed E-state index contributed by atoms with van der Waals surface area (Å²) in [4.78, 5) is 26.6. The van der Waals surface area contributed by atoms with Gasteiger partial charge in [0.05, 0.1) is 12.6 Å². The van der Waals surface area contributed by atoms with Gasteiger partial charge in [0.1, 0.15) is 0 Å². The molecule has 0 radical (unpaired) electrons. The molecule has 1 atom stereocenters. The van der Waals surface area contributed by atoms with Gasteiger partial charge >= 0.3 is 0 Å². The molecule has 0 saturated carbocycles. The molecule has 24 heavy (non-hydrogen) atoms. The molecule has 4 heteroatoms. The van der Waals surface area contributed by atoms with E-state index < -0.39 is 0 Å². The largest absolute Gasteiger partial charge is 0.343 e. The van der Waals surface area contributed by atoms with Gasteiger partial charge in [0.2, 0.25) is 5.91 Å². The summed E-state index contributed by atoms with van der Waals surface area (Å²) in [7, 11) is 0. The number of carbonyl (C=O) groups excluding carboxylic acids is 2. The lowest BCUT2D eigenvalue weighted by Crippen LogP contribution is -2.39. The quantitative estimate of drug-likeness (QED) is 0.940. The van der Waals surface area contributed by atoms with Crippen molar-refractivity contribution in [3.63, 3.8) is 0 Å².